The minimum atomic E-state index is 0.615. The molecule has 2 aromatic rings. The van der Waals surface area contributed by atoms with Crippen LogP contribution in [0.5, 0.6) is 0 Å². The Bertz CT molecular complexity index is 735. The fraction of sp³-hybridized carbons (Fsp3) is 0.455. The zero-order chi connectivity index (χ0) is 16.1. The summed E-state index contributed by atoms with van der Waals surface area (Å²) < 4.78 is 0. The first-order chi connectivity index (χ1) is 11.7. The normalized spacial score (nSPS) is 27.6. The van der Waals surface area contributed by atoms with Gasteiger partial charge in [-0.1, -0.05) is 43.3 Å². The highest BCUT2D eigenvalue weighted by Crippen LogP contribution is 2.50. The number of anilines is 2. The average molecular weight is 318 g/mol. The van der Waals surface area contributed by atoms with Crippen LogP contribution in [0.4, 0.5) is 11.4 Å². The number of nitrogens with zero attached hydrogens (tertiary/aromatic N) is 2. The van der Waals surface area contributed by atoms with Gasteiger partial charge < -0.3 is 9.80 Å². The van der Waals surface area contributed by atoms with Crippen molar-refractivity contribution in [2.45, 2.75) is 38.1 Å². The maximum Gasteiger partial charge on any atom is 0.0450 e. The quantitative estimate of drug-likeness (QED) is 0.802. The van der Waals surface area contributed by atoms with E-state index in [1.54, 1.807) is 5.56 Å². The van der Waals surface area contributed by atoms with Crippen LogP contribution < -0.4 is 4.90 Å². The minimum Gasteiger partial charge on any atom is -0.337 e. The van der Waals surface area contributed by atoms with Crippen molar-refractivity contribution in [2.24, 2.45) is 5.41 Å². The average Bonchev–Trinajstić information content (AvgIpc) is 3.25. The molecule has 5 rings (SSSR count). The highest BCUT2D eigenvalue weighted by molar-refractivity contribution is 5.72. The van der Waals surface area contributed by atoms with E-state index in [-0.39, 0.29) is 0 Å². The number of benzene rings is 2. The molecule has 2 nitrogen and oxygen atoms in total. The predicted octanol–water partition coefficient (Wildman–Crippen LogP) is 4.80. The lowest BCUT2D eigenvalue weighted by Crippen LogP contribution is -2.46. The monoisotopic (exact) mass is 318 g/mol. The second kappa shape index (κ2) is 5.35. The highest BCUT2D eigenvalue weighted by Gasteiger charge is 2.45. The van der Waals surface area contributed by atoms with Gasteiger partial charge in [0.25, 0.3) is 0 Å². The standard InChI is InChI=1S/C22H26N2/c1-22(12-13-22)16-23-14-11-21-19(15-23)18-9-5-6-10-20(18)24(21)17-7-3-2-4-8-17/h2-10,19,21H,11-16H2,1H3/t19-,21+/m0/s1. The number of fused-ring (bicyclic) bond motifs is 3. The molecule has 0 spiro atoms. The van der Waals surface area contributed by atoms with Crippen LogP contribution in [-0.4, -0.2) is 30.6 Å². The van der Waals surface area contributed by atoms with Gasteiger partial charge in [-0.25, -0.2) is 0 Å². The summed E-state index contributed by atoms with van der Waals surface area (Å²) in [5, 5.41) is 0. The Balaban J connectivity index is 1.48. The Morgan fingerprint density at radius 3 is 2.54 bits per heavy atom. The Kier molecular flexibility index (Phi) is 3.24. The van der Waals surface area contributed by atoms with Crippen molar-refractivity contribution >= 4 is 11.4 Å². The van der Waals surface area contributed by atoms with Crippen LogP contribution in [0.2, 0.25) is 0 Å². The molecule has 124 valence electrons. The molecule has 1 aliphatic carbocycles. The van der Waals surface area contributed by atoms with Gasteiger partial charge in [-0.05, 0) is 48.4 Å². The smallest absolute Gasteiger partial charge is 0.0450 e. The molecule has 1 saturated carbocycles. The van der Waals surface area contributed by atoms with Crippen LogP contribution in [0, 0.1) is 5.41 Å². The van der Waals surface area contributed by atoms with Crippen molar-refractivity contribution in [1.82, 2.24) is 4.90 Å². The van der Waals surface area contributed by atoms with E-state index in [0.717, 1.165) is 0 Å². The molecular formula is C22H26N2. The third-order valence-electron chi connectivity index (χ3n) is 6.33. The summed E-state index contributed by atoms with van der Waals surface area (Å²) in [7, 11) is 0. The summed E-state index contributed by atoms with van der Waals surface area (Å²) in [6, 6.07) is 20.7. The number of para-hydroxylation sites is 2. The van der Waals surface area contributed by atoms with E-state index >= 15 is 0 Å². The first-order valence-corrected chi connectivity index (χ1v) is 9.39. The van der Waals surface area contributed by atoms with E-state index in [0.29, 0.717) is 17.4 Å². The summed E-state index contributed by atoms with van der Waals surface area (Å²) in [6.45, 7) is 6.22. The van der Waals surface area contributed by atoms with Gasteiger partial charge in [0.05, 0.1) is 0 Å². The van der Waals surface area contributed by atoms with Gasteiger partial charge in [0.1, 0.15) is 0 Å². The van der Waals surface area contributed by atoms with E-state index in [1.807, 2.05) is 0 Å². The SMILES string of the molecule is CC1(CN2CC[C@@H]3[C@@H](C2)c2ccccc2N3c2ccccc2)CC1. The van der Waals surface area contributed by atoms with E-state index in [1.165, 1.54) is 50.3 Å². The number of rotatable bonds is 3. The second-order valence-electron chi connectivity index (χ2n) is 8.27. The van der Waals surface area contributed by atoms with Crippen LogP contribution >= 0.6 is 0 Å². The zero-order valence-corrected chi connectivity index (χ0v) is 14.5. The van der Waals surface area contributed by atoms with Gasteiger partial charge in [-0.15, -0.1) is 0 Å². The van der Waals surface area contributed by atoms with Gasteiger partial charge >= 0.3 is 0 Å². The molecule has 0 bridgehead atoms. The molecule has 2 heteroatoms. The van der Waals surface area contributed by atoms with Crippen molar-refractivity contribution in [1.29, 1.82) is 0 Å². The molecular weight excluding hydrogens is 292 g/mol. The summed E-state index contributed by atoms with van der Waals surface area (Å²) in [5.41, 5.74) is 4.94. The molecule has 1 saturated heterocycles. The van der Waals surface area contributed by atoms with Crippen molar-refractivity contribution < 1.29 is 0 Å². The minimum absolute atomic E-state index is 0.615. The number of hydrogen-bond acceptors (Lipinski definition) is 2. The Morgan fingerprint density at radius 1 is 1.00 bits per heavy atom. The largest absolute Gasteiger partial charge is 0.337 e. The summed E-state index contributed by atoms with van der Waals surface area (Å²) >= 11 is 0. The number of piperidine rings is 1. The lowest BCUT2D eigenvalue weighted by atomic mass is 9.88. The molecule has 24 heavy (non-hydrogen) atoms. The summed E-state index contributed by atoms with van der Waals surface area (Å²) in [6.07, 6.45) is 4.11. The number of hydrogen-bond donors (Lipinski definition) is 0. The van der Waals surface area contributed by atoms with Crippen LogP contribution in [-0.2, 0) is 0 Å². The van der Waals surface area contributed by atoms with E-state index in [9.17, 15) is 0 Å². The summed E-state index contributed by atoms with van der Waals surface area (Å²) in [5.74, 6) is 0.650. The van der Waals surface area contributed by atoms with Gasteiger partial charge in [0.2, 0.25) is 0 Å². The van der Waals surface area contributed by atoms with Gasteiger partial charge in [-0.3, -0.25) is 0 Å². The zero-order valence-electron chi connectivity index (χ0n) is 14.5. The molecule has 0 N–H and O–H groups in total. The van der Waals surface area contributed by atoms with Gasteiger partial charge in [0.15, 0.2) is 0 Å². The molecule has 0 amide bonds. The summed E-state index contributed by atoms with van der Waals surface area (Å²) in [4.78, 5) is 5.34. The second-order valence-corrected chi connectivity index (χ2v) is 8.27. The van der Waals surface area contributed by atoms with Crippen LogP contribution in [0.25, 0.3) is 0 Å². The first-order valence-electron chi connectivity index (χ1n) is 9.39. The van der Waals surface area contributed by atoms with Crippen LogP contribution in [0.3, 0.4) is 0 Å². The third-order valence-corrected chi connectivity index (χ3v) is 6.33. The van der Waals surface area contributed by atoms with Crippen molar-refractivity contribution in [3.63, 3.8) is 0 Å². The lowest BCUT2D eigenvalue weighted by molar-refractivity contribution is 0.168. The molecule has 2 aromatic carbocycles. The Morgan fingerprint density at radius 2 is 1.75 bits per heavy atom. The van der Waals surface area contributed by atoms with Gasteiger partial charge in [0, 0.05) is 43.0 Å². The fourth-order valence-corrected chi connectivity index (χ4v) is 4.80. The first kappa shape index (κ1) is 14.5. The predicted molar refractivity (Wildman–Crippen MR) is 100.0 cm³/mol. The van der Waals surface area contributed by atoms with Crippen molar-refractivity contribution in [3.05, 3.63) is 60.2 Å². The molecule has 2 aliphatic heterocycles. The molecule has 3 aliphatic rings. The molecule has 0 aromatic heterocycles. The maximum absolute atomic E-state index is 2.74. The molecule has 0 radical (unpaired) electrons. The molecule has 2 fully saturated rings. The van der Waals surface area contributed by atoms with E-state index in [4.69, 9.17) is 0 Å². The van der Waals surface area contributed by atoms with Crippen LogP contribution in [0.15, 0.2) is 54.6 Å². The lowest BCUT2D eigenvalue weighted by Gasteiger charge is -2.40. The Hall–Kier alpha value is -1.80. The van der Waals surface area contributed by atoms with E-state index in [2.05, 4.69) is 71.3 Å². The maximum atomic E-state index is 2.74. The topological polar surface area (TPSA) is 6.48 Å². The number of likely N-dealkylation sites (tertiary alicyclic amines) is 1. The fourth-order valence-electron chi connectivity index (χ4n) is 4.80. The molecule has 2 atom stereocenters. The molecule has 0 unspecified atom stereocenters. The van der Waals surface area contributed by atoms with Gasteiger partial charge in [-0.2, -0.15) is 0 Å². The van der Waals surface area contributed by atoms with Crippen LogP contribution in [0.1, 0.15) is 37.7 Å². The highest BCUT2D eigenvalue weighted by atomic mass is 15.2. The third kappa shape index (κ3) is 2.36. The Labute approximate surface area is 145 Å². The van der Waals surface area contributed by atoms with Crippen molar-refractivity contribution in [3.8, 4) is 0 Å². The molecule has 2 heterocycles. The van der Waals surface area contributed by atoms with Crippen molar-refractivity contribution in [2.75, 3.05) is 24.5 Å². The van der Waals surface area contributed by atoms with E-state index < -0.39 is 0 Å².